The predicted molar refractivity (Wildman–Crippen MR) is 238 cm³/mol. The molecule has 5 heteroatoms. The molecule has 5 nitrogen and oxygen atoms in total. The van der Waals surface area contributed by atoms with E-state index < -0.39 is 0 Å². The number of rotatable bonds is 5. The average molecular weight is 741 g/mol. The van der Waals surface area contributed by atoms with Gasteiger partial charge in [0.05, 0.1) is 11.0 Å². The fourth-order valence-corrected chi connectivity index (χ4v) is 8.75. The minimum Gasteiger partial charge on any atom is -0.456 e. The smallest absolute Gasteiger partial charge is 0.164 e. The molecular weight excluding hydrogens is 709 g/mol. The van der Waals surface area contributed by atoms with E-state index in [4.69, 9.17) is 19.4 Å². The van der Waals surface area contributed by atoms with E-state index in [0.717, 1.165) is 66.5 Å². The number of benzene rings is 9. The van der Waals surface area contributed by atoms with E-state index in [2.05, 4.69) is 150 Å². The summed E-state index contributed by atoms with van der Waals surface area (Å²) in [6.45, 7) is 0. The van der Waals surface area contributed by atoms with E-state index >= 15 is 0 Å². The summed E-state index contributed by atoms with van der Waals surface area (Å²) >= 11 is 0. The fraction of sp³-hybridized carbons (Fsp3) is 0. The number of fused-ring (bicyclic) bond motifs is 10. The molecule has 0 N–H and O–H groups in total. The van der Waals surface area contributed by atoms with Crippen LogP contribution < -0.4 is 0 Å². The molecule has 0 saturated heterocycles. The molecule has 0 fully saturated rings. The molecule has 0 unspecified atom stereocenters. The molecule has 3 aromatic heterocycles. The molecule has 0 atom stereocenters. The summed E-state index contributed by atoms with van der Waals surface area (Å²) in [5.41, 5.74) is 9.95. The van der Waals surface area contributed by atoms with Crippen LogP contribution in [0.1, 0.15) is 0 Å². The van der Waals surface area contributed by atoms with Gasteiger partial charge in [-0.25, -0.2) is 15.0 Å². The first-order chi connectivity index (χ1) is 28.7. The van der Waals surface area contributed by atoms with Gasteiger partial charge >= 0.3 is 0 Å². The Hall–Kier alpha value is -7.89. The fourth-order valence-electron chi connectivity index (χ4n) is 8.75. The monoisotopic (exact) mass is 740 g/mol. The normalized spacial score (nSPS) is 11.8. The highest BCUT2D eigenvalue weighted by molar-refractivity contribution is 6.28. The van der Waals surface area contributed by atoms with E-state index in [1.54, 1.807) is 0 Å². The number of aromatic nitrogens is 4. The van der Waals surface area contributed by atoms with Gasteiger partial charge in [0.1, 0.15) is 11.2 Å². The van der Waals surface area contributed by atoms with Crippen molar-refractivity contribution in [3.8, 4) is 51.0 Å². The van der Waals surface area contributed by atoms with Crippen molar-refractivity contribution in [1.82, 2.24) is 19.5 Å². The molecule has 9 aromatic carbocycles. The van der Waals surface area contributed by atoms with Gasteiger partial charge in [-0.05, 0) is 63.0 Å². The van der Waals surface area contributed by atoms with Crippen LogP contribution in [-0.2, 0) is 0 Å². The largest absolute Gasteiger partial charge is 0.456 e. The second kappa shape index (κ2) is 12.8. The van der Waals surface area contributed by atoms with Gasteiger partial charge < -0.3 is 8.98 Å². The zero-order chi connectivity index (χ0) is 38.2. The van der Waals surface area contributed by atoms with Gasteiger partial charge in [-0.2, -0.15) is 0 Å². The molecule has 0 spiro atoms. The van der Waals surface area contributed by atoms with Crippen molar-refractivity contribution < 1.29 is 4.42 Å². The highest BCUT2D eigenvalue weighted by Gasteiger charge is 2.21. The average Bonchev–Trinajstić information content (AvgIpc) is 3.85. The minimum atomic E-state index is 0.592. The summed E-state index contributed by atoms with van der Waals surface area (Å²) in [6, 6.07) is 67.9. The van der Waals surface area contributed by atoms with Crippen LogP contribution in [0.3, 0.4) is 0 Å². The molecule has 12 rings (SSSR count). The van der Waals surface area contributed by atoms with Gasteiger partial charge in [0, 0.05) is 50.0 Å². The van der Waals surface area contributed by atoms with E-state index in [-0.39, 0.29) is 0 Å². The lowest BCUT2D eigenvalue weighted by molar-refractivity contribution is 0.668. The Morgan fingerprint density at radius 1 is 0.345 bits per heavy atom. The first-order valence-corrected chi connectivity index (χ1v) is 19.5. The van der Waals surface area contributed by atoms with Crippen LogP contribution in [-0.4, -0.2) is 19.5 Å². The lowest BCUT2D eigenvalue weighted by atomic mass is 10.00. The summed E-state index contributed by atoms with van der Waals surface area (Å²) < 4.78 is 9.10. The van der Waals surface area contributed by atoms with Crippen molar-refractivity contribution in [3.63, 3.8) is 0 Å². The van der Waals surface area contributed by atoms with Crippen LogP contribution >= 0.6 is 0 Å². The molecule has 0 bridgehead atoms. The molecule has 0 aliphatic carbocycles. The van der Waals surface area contributed by atoms with E-state index in [1.807, 2.05) is 48.5 Å². The van der Waals surface area contributed by atoms with Gasteiger partial charge in [0.2, 0.25) is 0 Å². The van der Waals surface area contributed by atoms with E-state index in [0.29, 0.717) is 17.5 Å². The maximum absolute atomic E-state index is 6.72. The highest BCUT2D eigenvalue weighted by atomic mass is 16.3. The summed E-state index contributed by atoms with van der Waals surface area (Å²) in [5, 5.41) is 9.42. The molecule has 0 radical (unpaired) electrons. The Balaban J connectivity index is 1.05. The molecule has 270 valence electrons. The Bertz CT molecular complexity index is 3460. The summed E-state index contributed by atoms with van der Waals surface area (Å²) in [5.74, 6) is 1.82. The first kappa shape index (κ1) is 32.4. The van der Waals surface area contributed by atoms with Gasteiger partial charge in [-0.3, -0.25) is 0 Å². The van der Waals surface area contributed by atoms with Crippen LogP contribution in [0.5, 0.6) is 0 Å². The number of hydrogen-bond donors (Lipinski definition) is 0. The Kier molecular flexibility index (Phi) is 7.16. The number of hydrogen-bond acceptors (Lipinski definition) is 4. The third-order valence-electron chi connectivity index (χ3n) is 11.4. The first-order valence-electron chi connectivity index (χ1n) is 19.5. The summed E-state index contributed by atoms with van der Waals surface area (Å²) in [4.78, 5) is 15.3. The Morgan fingerprint density at radius 2 is 0.879 bits per heavy atom. The zero-order valence-electron chi connectivity index (χ0n) is 31.2. The Morgan fingerprint density at radius 3 is 1.53 bits per heavy atom. The van der Waals surface area contributed by atoms with E-state index in [1.165, 1.54) is 32.3 Å². The van der Waals surface area contributed by atoms with Gasteiger partial charge in [0.15, 0.2) is 17.5 Å². The summed E-state index contributed by atoms with van der Waals surface area (Å²) in [7, 11) is 0. The predicted octanol–water partition coefficient (Wildman–Crippen LogP) is 13.8. The van der Waals surface area contributed by atoms with Crippen molar-refractivity contribution in [2.75, 3.05) is 0 Å². The van der Waals surface area contributed by atoms with E-state index in [9.17, 15) is 0 Å². The zero-order valence-corrected chi connectivity index (χ0v) is 31.2. The van der Waals surface area contributed by atoms with Crippen molar-refractivity contribution in [2.24, 2.45) is 0 Å². The third kappa shape index (κ3) is 5.07. The SMILES string of the molecule is c1ccc(-c2ccc(-c3nc(-c4ccccc4)nc(-c4cccc5oc6cc(-n7c8ccc9ccccc9c8c8c9ccccc9ccc87)ccc6c45)n3)cc2)cc1. The van der Waals surface area contributed by atoms with Gasteiger partial charge in [-0.1, -0.05) is 158 Å². The standard InChI is InChI=1S/C53H32N4O/c1-3-12-33(13-4-1)34-22-24-38(25-23-34)52-54-51(37-16-5-2-6-17-37)55-53(56-52)43-20-11-21-46-48(43)42-29-28-39(32-47(42)58-46)57-44-30-26-35-14-7-9-18-40(35)49(44)50-41-19-10-8-15-36(41)27-31-45(50)57/h1-32H. The number of nitrogens with zero attached hydrogens (tertiary/aromatic N) is 4. The third-order valence-corrected chi connectivity index (χ3v) is 11.4. The molecule has 12 aromatic rings. The second-order valence-electron chi connectivity index (χ2n) is 14.8. The molecule has 0 amide bonds. The van der Waals surface area contributed by atoms with Gasteiger partial charge in [-0.15, -0.1) is 0 Å². The van der Waals surface area contributed by atoms with Crippen LogP contribution in [0.4, 0.5) is 0 Å². The maximum Gasteiger partial charge on any atom is 0.164 e. The van der Waals surface area contributed by atoms with Gasteiger partial charge in [0.25, 0.3) is 0 Å². The molecular formula is C53H32N4O. The molecule has 0 aliphatic heterocycles. The lowest BCUT2D eigenvalue weighted by Crippen LogP contribution is -2.00. The van der Waals surface area contributed by atoms with Crippen LogP contribution in [0, 0.1) is 0 Å². The molecule has 3 heterocycles. The van der Waals surface area contributed by atoms with Crippen LogP contribution in [0.15, 0.2) is 199 Å². The topological polar surface area (TPSA) is 56.7 Å². The molecule has 58 heavy (non-hydrogen) atoms. The van der Waals surface area contributed by atoms with Crippen molar-refractivity contribution >= 4 is 65.3 Å². The molecule has 0 saturated carbocycles. The Labute approximate surface area is 333 Å². The maximum atomic E-state index is 6.72. The lowest BCUT2D eigenvalue weighted by Gasteiger charge is -2.10. The van der Waals surface area contributed by atoms with Crippen LogP contribution in [0.25, 0.3) is 116 Å². The summed E-state index contributed by atoms with van der Waals surface area (Å²) in [6.07, 6.45) is 0. The van der Waals surface area contributed by atoms with Crippen molar-refractivity contribution in [2.45, 2.75) is 0 Å². The highest BCUT2D eigenvalue weighted by Crippen LogP contribution is 2.42. The molecule has 0 aliphatic rings. The van der Waals surface area contributed by atoms with Crippen molar-refractivity contribution in [3.05, 3.63) is 194 Å². The quantitative estimate of drug-likeness (QED) is 0.176. The van der Waals surface area contributed by atoms with Crippen molar-refractivity contribution in [1.29, 1.82) is 0 Å². The second-order valence-corrected chi connectivity index (χ2v) is 14.8. The minimum absolute atomic E-state index is 0.592. The number of furan rings is 1. The van der Waals surface area contributed by atoms with Crippen LogP contribution in [0.2, 0.25) is 0 Å².